The van der Waals surface area contributed by atoms with E-state index < -0.39 is 14.5 Å². The average Bonchev–Trinajstić information content (AvgIpc) is 2.15. The molecule has 136 valence electrons. The molecule has 0 spiro atoms. The predicted octanol–water partition coefficient (Wildman–Crippen LogP) is 4.72. The molecule has 0 atom stereocenters. The van der Waals surface area contributed by atoms with Gasteiger partial charge in [0, 0.05) is 27.7 Å². The zero-order valence-corrected chi connectivity index (χ0v) is 13.8. The molecule has 0 unspecified atom stereocenters. The van der Waals surface area contributed by atoms with Crippen molar-refractivity contribution < 1.29 is 54.9 Å². The number of rotatable bonds is 0. The van der Waals surface area contributed by atoms with E-state index in [1.165, 1.54) is 27.7 Å². The monoisotopic (exact) mass is 444 g/mol. The SMILES string of the molecule is CC#N.CC#N.CC#N.CC#N.F[B-](F)(F)F.F[B-](F)(F)F.[Pd+2]. The minimum atomic E-state index is -6.00. The standard InChI is InChI=1S/4C2H3N.2BF4.Pd/c4*1-2-3;2*2-1(3,4)5;/h4*1H3;;;/q;;;;2*-1;+2. The molecular weight excluding hydrogens is 432 g/mol. The maximum Gasteiger partial charge on any atom is 2.00 e. The van der Waals surface area contributed by atoms with Crippen LogP contribution in [0.15, 0.2) is 0 Å². The van der Waals surface area contributed by atoms with Gasteiger partial charge in [-0.3, -0.25) is 0 Å². The first-order valence-electron chi connectivity index (χ1n) is 4.64. The number of hydrogen-bond donors (Lipinski definition) is 0. The summed E-state index contributed by atoms with van der Waals surface area (Å²) in [6, 6.07) is 7.00. The summed E-state index contributed by atoms with van der Waals surface area (Å²) in [5.41, 5.74) is 0. The van der Waals surface area contributed by atoms with Gasteiger partial charge < -0.3 is 34.5 Å². The molecule has 15 heteroatoms. The Hall–Kier alpha value is -1.81. The molecule has 0 saturated carbocycles. The van der Waals surface area contributed by atoms with E-state index >= 15 is 0 Å². The summed E-state index contributed by atoms with van der Waals surface area (Å²) < 4.78 is 78.0. The van der Waals surface area contributed by atoms with Crippen molar-refractivity contribution in [2.24, 2.45) is 0 Å². The zero-order chi connectivity index (χ0) is 19.8. The summed E-state index contributed by atoms with van der Waals surface area (Å²) in [7, 11) is -12.0. The molecule has 0 aromatic rings. The minimum absolute atomic E-state index is 0. The van der Waals surface area contributed by atoms with Gasteiger partial charge in [0.25, 0.3) is 0 Å². The van der Waals surface area contributed by atoms with Gasteiger partial charge >= 0.3 is 34.9 Å². The molecule has 4 nitrogen and oxygen atoms in total. The van der Waals surface area contributed by atoms with Crippen LogP contribution in [0.3, 0.4) is 0 Å². The van der Waals surface area contributed by atoms with Crippen molar-refractivity contribution in [3.63, 3.8) is 0 Å². The molecule has 0 rings (SSSR count). The van der Waals surface area contributed by atoms with Crippen molar-refractivity contribution in [1.82, 2.24) is 0 Å². The summed E-state index contributed by atoms with van der Waals surface area (Å²) in [4.78, 5) is 0. The van der Waals surface area contributed by atoms with Crippen LogP contribution in [0.5, 0.6) is 0 Å². The number of hydrogen-bond acceptors (Lipinski definition) is 4. The Labute approximate surface area is 143 Å². The molecule has 23 heavy (non-hydrogen) atoms. The maximum atomic E-state index is 9.75. The second-order valence-corrected chi connectivity index (χ2v) is 1.88. The molecule has 0 bridgehead atoms. The molecule has 0 aromatic heterocycles. The molecule has 0 N–H and O–H groups in total. The van der Waals surface area contributed by atoms with E-state index in [1.54, 1.807) is 24.3 Å². The second kappa shape index (κ2) is 36.9. The molecule has 0 fully saturated rings. The van der Waals surface area contributed by atoms with Crippen molar-refractivity contribution in [2.45, 2.75) is 27.7 Å². The summed E-state index contributed by atoms with van der Waals surface area (Å²) in [6.07, 6.45) is 0. The van der Waals surface area contributed by atoms with Crippen LogP contribution in [0.1, 0.15) is 27.7 Å². The van der Waals surface area contributed by atoms with Gasteiger partial charge in [0.2, 0.25) is 0 Å². The van der Waals surface area contributed by atoms with E-state index in [2.05, 4.69) is 0 Å². The third kappa shape index (κ3) is 2040. The van der Waals surface area contributed by atoms with Crippen LogP contribution in [0.2, 0.25) is 0 Å². The Kier molecular flexibility index (Phi) is 68.9. The molecule has 0 aliphatic carbocycles. The third-order valence-electron chi connectivity index (χ3n) is 0. The van der Waals surface area contributed by atoms with E-state index in [0.717, 1.165) is 0 Å². The van der Waals surface area contributed by atoms with E-state index in [0.29, 0.717) is 0 Å². The molecule has 0 aliphatic rings. The van der Waals surface area contributed by atoms with Gasteiger partial charge in [-0.05, 0) is 0 Å². The van der Waals surface area contributed by atoms with Crippen molar-refractivity contribution >= 4 is 14.5 Å². The van der Waals surface area contributed by atoms with E-state index in [1.807, 2.05) is 0 Å². The molecule has 0 radical (unpaired) electrons. The Morgan fingerprint density at radius 1 is 0.478 bits per heavy atom. The number of nitriles is 4. The van der Waals surface area contributed by atoms with Gasteiger partial charge in [-0.25, -0.2) is 0 Å². The Balaban J connectivity index is -0.0000000270. The Morgan fingerprint density at radius 2 is 0.478 bits per heavy atom. The first kappa shape index (κ1) is 42.9. The van der Waals surface area contributed by atoms with Gasteiger partial charge in [0.05, 0.1) is 24.3 Å². The van der Waals surface area contributed by atoms with Crippen LogP contribution in [0.25, 0.3) is 0 Å². The fourth-order valence-corrected chi connectivity index (χ4v) is 0. The van der Waals surface area contributed by atoms with Crippen molar-refractivity contribution in [3.8, 4) is 24.3 Å². The summed E-state index contributed by atoms with van der Waals surface area (Å²) in [5.74, 6) is 0. The van der Waals surface area contributed by atoms with Crippen molar-refractivity contribution in [2.75, 3.05) is 0 Å². The quantitative estimate of drug-likeness (QED) is 0.399. The van der Waals surface area contributed by atoms with Crippen molar-refractivity contribution in [1.29, 1.82) is 21.0 Å². The first-order chi connectivity index (χ1) is 9.66. The molecule has 0 aliphatic heterocycles. The first-order valence-corrected chi connectivity index (χ1v) is 4.64. The van der Waals surface area contributed by atoms with Crippen molar-refractivity contribution in [3.05, 3.63) is 0 Å². The van der Waals surface area contributed by atoms with Gasteiger partial charge in [-0.2, -0.15) is 21.0 Å². The predicted molar refractivity (Wildman–Crippen MR) is 65.5 cm³/mol. The third-order valence-corrected chi connectivity index (χ3v) is 0. The summed E-state index contributed by atoms with van der Waals surface area (Å²) >= 11 is 0. The molecule has 0 saturated heterocycles. The van der Waals surface area contributed by atoms with E-state index in [4.69, 9.17) is 21.0 Å². The summed E-state index contributed by atoms with van der Waals surface area (Å²) in [6.45, 7) is 5.72. The number of halogens is 8. The van der Waals surface area contributed by atoms with Gasteiger partial charge in [0.15, 0.2) is 0 Å². The zero-order valence-electron chi connectivity index (χ0n) is 12.3. The van der Waals surface area contributed by atoms with Crippen LogP contribution in [0.4, 0.5) is 34.5 Å². The van der Waals surface area contributed by atoms with Crippen LogP contribution >= 0.6 is 0 Å². The fourth-order valence-electron chi connectivity index (χ4n) is 0. The van der Waals surface area contributed by atoms with E-state index in [9.17, 15) is 34.5 Å². The second-order valence-electron chi connectivity index (χ2n) is 1.88. The minimum Gasteiger partial charge on any atom is -0.418 e. The molecule has 0 amide bonds. The summed E-state index contributed by atoms with van der Waals surface area (Å²) in [5, 5.41) is 29.3. The molecule has 0 aromatic carbocycles. The number of nitrogens with zero attached hydrogens (tertiary/aromatic N) is 4. The molecule has 0 heterocycles. The largest absolute Gasteiger partial charge is 2.00 e. The maximum absolute atomic E-state index is 9.75. The van der Waals surface area contributed by atoms with Gasteiger partial charge in [-0.1, -0.05) is 0 Å². The normalized spacial score (nSPS) is 6.61. The van der Waals surface area contributed by atoms with Gasteiger partial charge in [0.1, 0.15) is 0 Å². The van der Waals surface area contributed by atoms with Crippen LogP contribution < -0.4 is 0 Å². The van der Waals surface area contributed by atoms with Crippen LogP contribution in [0, 0.1) is 45.3 Å². The Bertz CT molecular complexity index is 289. The van der Waals surface area contributed by atoms with Crippen LogP contribution in [-0.4, -0.2) is 14.5 Å². The Morgan fingerprint density at radius 3 is 0.478 bits per heavy atom. The smallest absolute Gasteiger partial charge is 0.418 e. The van der Waals surface area contributed by atoms with E-state index in [-0.39, 0.29) is 20.4 Å². The van der Waals surface area contributed by atoms with Crippen LogP contribution in [-0.2, 0) is 20.4 Å². The average molecular weight is 444 g/mol. The van der Waals surface area contributed by atoms with Gasteiger partial charge in [-0.15, -0.1) is 0 Å². The fraction of sp³-hybridized carbons (Fsp3) is 0.500. The molecular formula is C8H12B2F8N4Pd. The topological polar surface area (TPSA) is 95.2 Å².